The molecule has 1 aromatic carbocycles. The summed E-state index contributed by atoms with van der Waals surface area (Å²) in [5.74, 6) is 0. The second kappa shape index (κ2) is 3.46. The maximum absolute atomic E-state index is 12.5. The number of nitrogens with zero attached hydrogens (tertiary/aromatic N) is 1. The van der Waals surface area contributed by atoms with Crippen molar-refractivity contribution in [1.29, 1.82) is 0 Å². The van der Waals surface area contributed by atoms with Crippen LogP contribution in [0.4, 0.5) is 10.1 Å². The van der Waals surface area contributed by atoms with Gasteiger partial charge < -0.3 is 0 Å². The molecule has 0 unspecified atom stereocenters. The molecule has 1 aliphatic rings. The summed E-state index contributed by atoms with van der Waals surface area (Å²) in [6, 6.07) is 8.12. The van der Waals surface area contributed by atoms with Gasteiger partial charge in [0.2, 0.25) is 0 Å². The summed E-state index contributed by atoms with van der Waals surface area (Å²) < 4.78 is 13.8. The van der Waals surface area contributed by atoms with Gasteiger partial charge >= 0.3 is 77.3 Å². The summed E-state index contributed by atoms with van der Waals surface area (Å²) in [4.78, 5) is 1.81. The van der Waals surface area contributed by atoms with E-state index in [1.165, 1.54) is 4.46 Å². The molecule has 64 valence electrons. The van der Waals surface area contributed by atoms with Crippen molar-refractivity contribution in [2.75, 3.05) is 18.2 Å². The molecule has 0 fully saturated rings. The second-order valence-electron chi connectivity index (χ2n) is 2.70. The zero-order valence-corrected chi connectivity index (χ0v) is 8.38. The van der Waals surface area contributed by atoms with E-state index in [4.69, 9.17) is 0 Å². The van der Waals surface area contributed by atoms with Gasteiger partial charge in [0.1, 0.15) is 0 Å². The number of fused-ring (bicyclic) bond motifs is 1. The molecule has 0 spiro atoms. The molecule has 0 radical (unpaired) electrons. The Morgan fingerprint density at radius 1 is 1.42 bits per heavy atom. The van der Waals surface area contributed by atoms with Crippen LogP contribution in [-0.2, 0) is 0 Å². The van der Waals surface area contributed by atoms with Crippen molar-refractivity contribution in [3.8, 4) is 0 Å². The molecule has 0 saturated heterocycles. The molecule has 0 aromatic heterocycles. The normalized spacial score (nSPS) is 15.9. The standard InChI is InChI=1S/C9H10FNSe/c10-7-11-5-6-12-9-4-2-1-3-8(9)11/h1-4H,5-7H2. The van der Waals surface area contributed by atoms with Crippen molar-refractivity contribution in [3.63, 3.8) is 0 Å². The summed E-state index contributed by atoms with van der Waals surface area (Å²) in [5.41, 5.74) is 1.10. The summed E-state index contributed by atoms with van der Waals surface area (Å²) >= 11 is 0.558. The SMILES string of the molecule is FCN1CC[Se]c2ccccc21. The summed E-state index contributed by atoms with van der Waals surface area (Å²) in [6.07, 6.45) is 0. The molecular weight excluding hydrogens is 220 g/mol. The fourth-order valence-corrected chi connectivity index (χ4v) is 3.56. The predicted octanol–water partition coefficient (Wildman–Crippen LogP) is 1.18. The first kappa shape index (κ1) is 8.09. The molecule has 2 rings (SSSR count). The van der Waals surface area contributed by atoms with Crippen molar-refractivity contribution in [2.24, 2.45) is 0 Å². The number of alkyl halides is 1. The third-order valence-corrected chi connectivity index (χ3v) is 4.16. The Hall–Kier alpha value is -0.531. The van der Waals surface area contributed by atoms with E-state index in [0.717, 1.165) is 17.6 Å². The van der Waals surface area contributed by atoms with Crippen LogP contribution in [0.1, 0.15) is 0 Å². The third kappa shape index (κ3) is 1.35. The van der Waals surface area contributed by atoms with Gasteiger partial charge in [0.05, 0.1) is 0 Å². The summed E-state index contributed by atoms with van der Waals surface area (Å²) in [6.45, 7) is 0.528. The molecular formula is C9H10FNSe. The molecule has 0 aliphatic carbocycles. The fraction of sp³-hybridized carbons (Fsp3) is 0.333. The van der Waals surface area contributed by atoms with Gasteiger partial charge in [-0.2, -0.15) is 0 Å². The first-order valence-corrected chi connectivity index (χ1v) is 6.01. The Morgan fingerprint density at radius 2 is 2.25 bits per heavy atom. The van der Waals surface area contributed by atoms with Gasteiger partial charge in [-0.05, 0) is 0 Å². The van der Waals surface area contributed by atoms with Crippen LogP contribution in [0, 0.1) is 0 Å². The fourth-order valence-electron chi connectivity index (χ4n) is 1.35. The van der Waals surface area contributed by atoms with Crippen LogP contribution >= 0.6 is 0 Å². The quantitative estimate of drug-likeness (QED) is 0.517. The Labute approximate surface area is 77.7 Å². The van der Waals surface area contributed by atoms with Crippen molar-refractivity contribution in [3.05, 3.63) is 24.3 Å². The number of anilines is 1. The Balaban J connectivity index is 2.37. The van der Waals surface area contributed by atoms with Gasteiger partial charge in [-0.15, -0.1) is 0 Å². The van der Waals surface area contributed by atoms with Gasteiger partial charge in [-0.25, -0.2) is 0 Å². The molecule has 0 amide bonds. The zero-order valence-electron chi connectivity index (χ0n) is 6.66. The van der Waals surface area contributed by atoms with Crippen molar-refractivity contribution < 1.29 is 4.39 Å². The van der Waals surface area contributed by atoms with Gasteiger partial charge in [0.25, 0.3) is 0 Å². The third-order valence-electron chi connectivity index (χ3n) is 1.97. The van der Waals surface area contributed by atoms with Crippen LogP contribution in [0.2, 0.25) is 5.32 Å². The Kier molecular flexibility index (Phi) is 2.33. The number of para-hydroxylation sites is 1. The molecule has 1 nitrogen and oxygen atoms in total. The van der Waals surface area contributed by atoms with Crippen LogP contribution in [0.3, 0.4) is 0 Å². The van der Waals surface area contributed by atoms with Gasteiger partial charge in [-0.3, -0.25) is 0 Å². The number of benzene rings is 1. The van der Waals surface area contributed by atoms with E-state index >= 15 is 0 Å². The molecule has 12 heavy (non-hydrogen) atoms. The molecule has 0 N–H and O–H groups in total. The molecule has 0 saturated carbocycles. The predicted molar refractivity (Wildman–Crippen MR) is 50.0 cm³/mol. The van der Waals surface area contributed by atoms with E-state index in [0.29, 0.717) is 15.0 Å². The van der Waals surface area contributed by atoms with E-state index in [-0.39, 0.29) is 6.80 Å². The molecule has 0 bridgehead atoms. The van der Waals surface area contributed by atoms with E-state index in [2.05, 4.69) is 6.07 Å². The number of hydrogen-bond acceptors (Lipinski definition) is 1. The molecule has 1 heterocycles. The summed E-state index contributed by atoms with van der Waals surface area (Å²) in [7, 11) is 0. The van der Waals surface area contributed by atoms with Gasteiger partial charge in [0, 0.05) is 0 Å². The van der Waals surface area contributed by atoms with E-state index < -0.39 is 0 Å². The zero-order chi connectivity index (χ0) is 8.39. The topological polar surface area (TPSA) is 3.24 Å². The molecule has 0 atom stereocenters. The summed E-state index contributed by atoms with van der Waals surface area (Å²) in [5, 5.41) is 1.13. The molecule has 1 aliphatic heterocycles. The van der Waals surface area contributed by atoms with Crippen molar-refractivity contribution in [2.45, 2.75) is 5.32 Å². The van der Waals surface area contributed by atoms with Crippen LogP contribution in [0.15, 0.2) is 24.3 Å². The average Bonchev–Trinajstić information content (AvgIpc) is 2.17. The number of hydrogen-bond donors (Lipinski definition) is 0. The first-order valence-electron chi connectivity index (χ1n) is 3.94. The average molecular weight is 230 g/mol. The van der Waals surface area contributed by atoms with Gasteiger partial charge in [0.15, 0.2) is 0 Å². The minimum atomic E-state index is -0.354. The van der Waals surface area contributed by atoms with Gasteiger partial charge in [-0.1, -0.05) is 0 Å². The second-order valence-corrected chi connectivity index (χ2v) is 5.08. The van der Waals surface area contributed by atoms with E-state index in [1.54, 1.807) is 4.90 Å². The van der Waals surface area contributed by atoms with Crippen LogP contribution in [0.5, 0.6) is 0 Å². The minimum absolute atomic E-state index is 0.354. The Morgan fingerprint density at radius 3 is 3.08 bits per heavy atom. The van der Waals surface area contributed by atoms with E-state index in [1.807, 2.05) is 18.2 Å². The van der Waals surface area contributed by atoms with Crippen molar-refractivity contribution >= 4 is 25.1 Å². The first-order chi connectivity index (χ1) is 5.92. The monoisotopic (exact) mass is 231 g/mol. The molecule has 3 heteroatoms. The number of rotatable bonds is 1. The van der Waals surface area contributed by atoms with Crippen LogP contribution in [0.25, 0.3) is 0 Å². The van der Waals surface area contributed by atoms with E-state index in [9.17, 15) is 4.39 Å². The Bertz CT molecular complexity index is 277. The maximum atomic E-state index is 12.5. The number of halogens is 1. The molecule has 1 aromatic rings. The van der Waals surface area contributed by atoms with Crippen LogP contribution < -0.4 is 9.36 Å². The van der Waals surface area contributed by atoms with Crippen LogP contribution in [-0.4, -0.2) is 28.3 Å². The van der Waals surface area contributed by atoms with Crippen molar-refractivity contribution in [1.82, 2.24) is 0 Å².